The van der Waals surface area contributed by atoms with Crippen molar-refractivity contribution in [3.05, 3.63) is 193 Å². The molecule has 0 saturated carbocycles. The molecule has 11 rings (SSSR count). The molecule has 0 unspecified atom stereocenters. The number of benzene rings is 8. The van der Waals surface area contributed by atoms with Crippen LogP contribution in [0.15, 0.2) is 182 Å². The Labute approximate surface area is 318 Å². The molecule has 10 aromatic rings. The Balaban J connectivity index is 1.02. The number of aromatic nitrogens is 1. The SMILES string of the molecule is CC1(C)c2ccccc2-c2cc3c(cc21)c1ccccc1n3-c1ccc(N(c2ccccc2)c2ccc(-c3cccc4c3sc3ccccc34)cc2)cc1. The third kappa shape index (κ3) is 4.58. The van der Waals surface area contributed by atoms with E-state index in [0.29, 0.717) is 0 Å². The molecule has 0 bridgehead atoms. The van der Waals surface area contributed by atoms with E-state index in [1.54, 1.807) is 0 Å². The van der Waals surface area contributed by atoms with Crippen LogP contribution in [0.3, 0.4) is 0 Å². The average molecular weight is 709 g/mol. The van der Waals surface area contributed by atoms with E-state index in [0.717, 1.165) is 22.7 Å². The Hall–Kier alpha value is -6.42. The van der Waals surface area contributed by atoms with E-state index in [9.17, 15) is 0 Å². The van der Waals surface area contributed by atoms with Gasteiger partial charge in [-0.2, -0.15) is 0 Å². The number of anilines is 3. The summed E-state index contributed by atoms with van der Waals surface area (Å²) in [5, 5.41) is 5.23. The smallest absolute Gasteiger partial charge is 0.0547 e. The zero-order chi connectivity index (χ0) is 36.0. The summed E-state index contributed by atoms with van der Waals surface area (Å²) < 4.78 is 5.11. The number of fused-ring (bicyclic) bond motifs is 9. The second-order valence-electron chi connectivity index (χ2n) is 15.0. The van der Waals surface area contributed by atoms with E-state index >= 15 is 0 Å². The highest BCUT2D eigenvalue weighted by Gasteiger charge is 2.36. The molecular formula is C51H36N2S. The summed E-state index contributed by atoms with van der Waals surface area (Å²) in [7, 11) is 0. The van der Waals surface area contributed by atoms with Crippen LogP contribution in [0.1, 0.15) is 25.0 Å². The fraction of sp³-hybridized carbons (Fsp3) is 0.0588. The van der Waals surface area contributed by atoms with Crippen LogP contribution in [0.2, 0.25) is 0 Å². The van der Waals surface area contributed by atoms with Crippen LogP contribution in [0.5, 0.6) is 0 Å². The van der Waals surface area contributed by atoms with Gasteiger partial charge in [0.15, 0.2) is 0 Å². The highest BCUT2D eigenvalue weighted by Crippen LogP contribution is 2.51. The molecule has 0 aliphatic heterocycles. The molecule has 3 heteroatoms. The van der Waals surface area contributed by atoms with Gasteiger partial charge in [0, 0.05) is 59.1 Å². The number of para-hydroxylation sites is 2. The summed E-state index contributed by atoms with van der Waals surface area (Å²) in [6, 6.07) is 66.9. The van der Waals surface area contributed by atoms with Crippen molar-refractivity contribution in [3.63, 3.8) is 0 Å². The predicted octanol–water partition coefficient (Wildman–Crippen LogP) is 14.6. The monoisotopic (exact) mass is 708 g/mol. The third-order valence-corrected chi connectivity index (χ3v) is 12.8. The van der Waals surface area contributed by atoms with Crippen molar-refractivity contribution in [2.24, 2.45) is 0 Å². The van der Waals surface area contributed by atoms with Crippen LogP contribution in [0.4, 0.5) is 17.1 Å². The Morgan fingerprint density at radius 1 is 0.444 bits per heavy atom. The van der Waals surface area contributed by atoms with Crippen molar-refractivity contribution in [1.82, 2.24) is 4.57 Å². The minimum atomic E-state index is -0.0456. The summed E-state index contributed by atoms with van der Waals surface area (Å²) in [5.74, 6) is 0. The zero-order valence-corrected chi connectivity index (χ0v) is 30.9. The standard InChI is InChI=1S/C51H36N2S/c1-51(2)45-20-9-6-15-39(45)43-32-48-44(31-46(43)51)40-16-7-10-21-47(40)53(48)37-29-27-36(28-30-37)52(34-13-4-3-5-14-34)35-25-23-33(24-26-35)38-18-12-19-42-41-17-8-11-22-49(41)54-50(38)42/h3-32H,1-2H3. The van der Waals surface area contributed by atoms with E-state index in [1.807, 2.05) is 11.3 Å². The van der Waals surface area contributed by atoms with Gasteiger partial charge < -0.3 is 9.47 Å². The molecule has 2 heterocycles. The number of hydrogen-bond donors (Lipinski definition) is 0. The zero-order valence-electron chi connectivity index (χ0n) is 30.1. The third-order valence-electron chi connectivity index (χ3n) is 11.6. The number of hydrogen-bond acceptors (Lipinski definition) is 2. The first-order valence-corrected chi connectivity index (χ1v) is 19.5. The lowest BCUT2D eigenvalue weighted by Gasteiger charge is -2.26. The molecule has 256 valence electrons. The minimum absolute atomic E-state index is 0.0456. The molecule has 0 atom stereocenters. The fourth-order valence-corrected chi connectivity index (χ4v) is 10.2. The maximum atomic E-state index is 2.46. The molecule has 0 saturated heterocycles. The van der Waals surface area contributed by atoms with Crippen LogP contribution < -0.4 is 4.90 Å². The van der Waals surface area contributed by atoms with Gasteiger partial charge in [-0.15, -0.1) is 11.3 Å². The van der Waals surface area contributed by atoms with Crippen LogP contribution >= 0.6 is 11.3 Å². The lowest BCUT2D eigenvalue weighted by atomic mass is 9.82. The number of nitrogens with zero attached hydrogens (tertiary/aromatic N) is 2. The lowest BCUT2D eigenvalue weighted by molar-refractivity contribution is 0.661. The van der Waals surface area contributed by atoms with Crippen molar-refractivity contribution < 1.29 is 0 Å². The fourth-order valence-electron chi connectivity index (χ4n) is 8.98. The molecular weight excluding hydrogens is 673 g/mol. The Morgan fingerprint density at radius 3 is 1.89 bits per heavy atom. The van der Waals surface area contributed by atoms with Gasteiger partial charge in [0.05, 0.1) is 11.0 Å². The van der Waals surface area contributed by atoms with Gasteiger partial charge >= 0.3 is 0 Å². The molecule has 0 spiro atoms. The van der Waals surface area contributed by atoms with Gasteiger partial charge in [-0.3, -0.25) is 0 Å². The van der Waals surface area contributed by atoms with Crippen molar-refractivity contribution >= 4 is 70.4 Å². The summed E-state index contributed by atoms with van der Waals surface area (Å²) in [6.45, 7) is 4.72. The molecule has 0 fully saturated rings. The van der Waals surface area contributed by atoms with Crippen LogP contribution in [-0.2, 0) is 5.41 Å². The highest BCUT2D eigenvalue weighted by atomic mass is 32.1. The molecule has 0 radical (unpaired) electrons. The topological polar surface area (TPSA) is 8.17 Å². The molecule has 0 N–H and O–H groups in total. The van der Waals surface area contributed by atoms with Gasteiger partial charge in [0.2, 0.25) is 0 Å². The first-order chi connectivity index (χ1) is 26.5. The van der Waals surface area contributed by atoms with E-state index in [4.69, 9.17) is 0 Å². The van der Waals surface area contributed by atoms with Crippen molar-refractivity contribution in [2.75, 3.05) is 4.90 Å². The van der Waals surface area contributed by atoms with Crippen molar-refractivity contribution in [2.45, 2.75) is 19.3 Å². The van der Waals surface area contributed by atoms with E-state index in [2.05, 4.69) is 205 Å². The molecule has 1 aliphatic carbocycles. The molecule has 2 nitrogen and oxygen atoms in total. The van der Waals surface area contributed by atoms with E-state index in [-0.39, 0.29) is 5.41 Å². The summed E-state index contributed by atoms with van der Waals surface area (Å²) in [6.07, 6.45) is 0. The van der Waals surface area contributed by atoms with Gasteiger partial charge in [-0.1, -0.05) is 123 Å². The maximum absolute atomic E-state index is 2.46. The van der Waals surface area contributed by atoms with Gasteiger partial charge in [-0.05, 0) is 106 Å². The molecule has 2 aromatic heterocycles. The molecule has 8 aromatic carbocycles. The first-order valence-electron chi connectivity index (χ1n) is 18.7. The molecule has 1 aliphatic rings. The normalized spacial score (nSPS) is 13.1. The van der Waals surface area contributed by atoms with E-state index < -0.39 is 0 Å². The first kappa shape index (κ1) is 31.1. The average Bonchev–Trinajstić information content (AvgIpc) is 3.84. The van der Waals surface area contributed by atoms with E-state index in [1.165, 1.54) is 75.4 Å². The van der Waals surface area contributed by atoms with Gasteiger partial charge in [0.1, 0.15) is 0 Å². The Morgan fingerprint density at radius 2 is 1.07 bits per heavy atom. The van der Waals surface area contributed by atoms with Crippen LogP contribution in [0, 0.1) is 0 Å². The lowest BCUT2D eigenvalue weighted by Crippen LogP contribution is -2.14. The highest BCUT2D eigenvalue weighted by molar-refractivity contribution is 7.26. The molecule has 54 heavy (non-hydrogen) atoms. The quantitative estimate of drug-likeness (QED) is 0.173. The maximum Gasteiger partial charge on any atom is 0.0547 e. The Bertz CT molecular complexity index is 3060. The summed E-state index contributed by atoms with van der Waals surface area (Å²) in [5.41, 5.74) is 14.9. The predicted molar refractivity (Wildman–Crippen MR) is 231 cm³/mol. The van der Waals surface area contributed by atoms with Crippen LogP contribution in [0.25, 0.3) is 69.9 Å². The van der Waals surface area contributed by atoms with Crippen molar-refractivity contribution in [1.29, 1.82) is 0 Å². The second kappa shape index (κ2) is 11.8. The summed E-state index contributed by atoms with van der Waals surface area (Å²) >= 11 is 1.88. The summed E-state index contributed by atoms with van der Waals surface area (Å²) in [4.78, 5) is 2.35. The number of rotatable bonds is 5. The van der Waals surface area contributed by atoms with Gasteiger partial charge in [0.25, 0.3) is 0 Å². The van der Waals surface area contributed by atoms with Crippen LogP contribution in [-0.4, -0.2) is 4.57 Å². The number of thiophene rings is 1. The largest absolute Gasteiger partial charge is 0.311 e. The second-order valence-corrected chi connectivity index (χ2v) is 16.0. The Kier molecular flexibility index (Phi) is 6.80. The van der Waals surface area contributed by atoms with Gasteiger partial charge in [-0.25, -0.2) is 0 Å². The minimum Gasteiger partial charge on any atom is -0.311 e. The van der Waals surface area contributed by atoms with Crippen molar-refractivity contribution in [3.8, 4) is 27.9 Å². The molecule has 0 amide bonds.